The van der Waals surface area contributed by atoms with Gasteiger partial charge in [-0.2, -0.15) is 4.39 Å². The third kappa shape index (κ3) is 2.97. The largest absolute Gasteiger partial charge is 0.387 e. The van der Waals surface area contributed by atoms with Gasteiger partial charge in [0.1, 0.15) is 0 Å². The number of halogens is 1. The Labute approximate surface area is 88.6 Å². The van der Waals surface area contributed by atoms with Gasteiger partial charge in [0.15, 0.2) is 0 Å². The molecule has 1 rings (SSSR count). The first-order valence-corrected chi connectivity index (χ1v) is 4.77. The Bertz CT molecular complexity index is 327. The van der Waals surface area contributed by atoms with Crippen LogP contribution in [0.1, 0.15) is 26.3 Å². The summed E-state index contributed by atoms with van der Waals surface area (Å²) in [6.45, 7) is 4.60. The van der Waals surface area contributed by atoms with Gasteiger partial charge in [-0.15, -0.1) is 0 Å². The molecule has 0 spiro atoms. The highest BCUT2D eigenvalue weighted by Gasteiger charge is 2.37. The molecule has 2 N–H and O–H groups in total. The van der Waals surface area contributed by atoms with Gasteiger partial charge in [0.05, 0.1) is 11.2 Å². The van der Waals surface area contributed by atoms with Crippen molar-refractivity contribution in [2.75, 3.05) is 0 Å². The van der Waals surface area contributed by atoms with E-state index in [1.807, 2.05) is 0 Å². The average molecular weight is 213 g/mol. The Hall–Kier alpha value is -1.00. The summed E-state index contributed by atoms with van der Waals surface area (Å²) in [5.74, 6) is -0.554. The van der Waals surface area contributed by atoms with E-state index in [2.05, 4.69) is 4.98 Å². The van der Waals surface area contributed by atoms with E-state index in [9.17, 15) is 14.6 Å². The van der Waals surface area contributed by atoms with Crippen molar-refractivity contribution < 1.29 is 14.6 Å². The Morgan fingerprint density at radius 3 is 2.27 bits per heavy atom. The molecule has 0 aliphatic carbocycles. The van der Waals surface area contributed by atoms with E-state index in [0.717, 1.165) is 0 Å². The third-order valence-electron chi connectivity index (χ3n) is 2.66. The van der Waals surface area contributed by atoms with E-state index in [-0.39, 0.29) is 6.42 Å². The van der Waals surface area contributed by atoms with Crippen LogP contribution >= 0.6 is 0 Å². The minimum Gasteiger partial charge on any atom is -0.387 e. The summed E-state index contributed by atoms with van der Waals surface area (Å²) in [5.41, 5.74) is -1.81. The lowest BCUT2D eigenvalue weighted by Gasteiger charge is -2.35. The number of hydrogen-bond donors (Lipinski definition) is 2. The van der Waals surface area contributed by atoms with Crippen LogP contribution in [0.15, 0.2) is 18.3 Å². The van der Waals surface area contributed by atoms with Gasteiger partial charge >= 0.3 is 0 Å². The molecule has 0 radical (unpaired) electrons. The van der Waals surface area contributed by atoms with Gasteiger partial charge in [-0.3, -0.25) is 0 Å². The SMILES string of the molecule is CC(C)(O)C(C)(O)Cc1ccc(F)nc1. The maximum atomic E-state index is 12.5. The summed E-state index contributed by atoms with van der Waals surface area (Å²) in [5, 5.41) is 19.7. The van der Waals surface area contributed by atoms with Crippen LogP contribution in [-0.4, -0.2) is 26.4 Å². The molecule has 84 valence electrons. The standard InChI is InChI=1S/C11H16FNO2/c1-10(2,14)11(3,15)6-8-4-5-9(12)13-7-8/h4-5,7,14-15H,6H2,1-3H3. The van der Waals surface area contributed by atoms with Crippen molar-refractivity contribution >= 4 is 0 Å². The zero-order valence-corrected chi connectivity index (χ0v) is 9.16. The summed E-state index contributed by atoms with van der Waals surface area (Å²) in [4.78, 5) is 3.49. The quantitative estimate of drug-likeness (QED) is 0.744. The van der Waals surface area contributed by atoms with Gasteiger partial charge in [0, 0.05) is 12.6 Å². The first-order chi connectivity index (χ1) is 6.72. The number of hydrogen-bond acceptors (Lipinski definition) is 3. The van der Waals surface area contributed by atoms with Crippen LogP contribution in [-0.2, 0) is 6.42 Å². The molecule has 1 aromatic rings. The fourth-order valence-electron chi connectivity index (χ4n) is 1.12. The van der Waals surface area contributed by atoms with Crippen LogP contribution in [0.5, 0.6) is 0 Å². The van der Waals surface area contributed by atoms with E-state index >= 15 is 0 Å². The van der Waals surface area contributed by atoms with Crippen LogP contribution in [0.25, 0.3) is 0 Å². The Morgan fingerprint density at radius 1 is 1.27 bits per heavy atom. The Balaban J connectivity index is 2.82. The van der Waals surface area contributed by atoms with Crippen LogP contribution in [0.2, 0.25) is 0 Å². The lowest BCUT2D eigenvalue weighted by molar-refractivity contribution is -0.118. The maximum absolute atomic E-state index is 12.5. The van der Waals surface area contributed by atoms with Gasteiger partial charge < -0.3 is 10.2 Å². The van der Waals surface area contributed by atoms with E-state index in [1.54, 1.807) is 6.07 Å². The van der Waals surface area contributed by atoms with Crippen molar-refractivity contribution in [3.63, 3.8) is 0 Å². The molecule has 0 saturated heterocycles. The molecule has 15 heavy (non-hydrogen) atoms. The highest BCUT2D eigenvalue weighted by atomic mass is 19.1. The Kier molecular flexibility index (Phi) is 3.11. The second kappa shape index (κ2) is 3.87. The molecule has 0 aromatic carbocycles. The first kappa shape index (κ1) is 12.1. The highest BCUT2D eigenvalue weighted by molar-refractivity contribution is 5.14. The predicted octanol–water partition coefficient (Wildman–Crippen LogP) is 1.29. The highest BCUT2D eigenvalue weighted by Crippen LogP contribution is 2.25. The second-order valence-corrected chi connectivity index (χ2v) is 4.50. The number of pyridine rings is 1. The van der Waals surface area contributed by atoms with Gasteiger partial charge in [0.2, 0.25) is 5.95 Å². The molecule has 1 unspecified atom stereocenters. The predicted molar refractivity (Wildman–Crippen MR) is 54.8 cm³/mol. The van der Waals surface area contributed by atoms with Crippen molar-refractivity contribution in [1.29, 1.82) is 0 Å². The molecular formula is C11H16FNO2. The molecule has 0 aliphatic rings. The number of nitrogens with zero attached hydrogens (tertiary/aromatic N) is 1. The molecule has 1 heterocycles. The number of aliphatic hydroxyl groups is 2. The van der Waals surface area contributed by atoms with Gasteiger partial charge in [-0.05, 0) is 32.4 Å². The van der Waals surface area contributed by atoms with Crippen LogP contribution in [0.3, 0.4) is 0 Å². The molecule has 1 atom stereocenters. The number of aromatic nitrogens is 1. The summed E-state index contributed by atoms with van der Waals surface area (Å²) < 4.78 is 12.5. The van der Waals surface area contributed by atoms with Crippen molar-refractivity contribution in [2.24, 2.45) is 0 Å². The first-order valence-electron chi connectivity index (χ1n) is 4.77. The molecule has 0 amide bonds. The van der Waals surface area contributed by atoms with Crippen molar-refractivity contribution in [3.8, 4) is 0 Å². The molecule has 1 aromatic heterocycles. The molecule has 0 saturated carbocycles. The molecule has 0 aliphatic heterocycles. The minimum atomic E-state index is -1.27. The monoisotopic (exact) mass is 213 g/mol. The maximum Gasteiger partial charge on any atom is 0.212 e. The van der Waals surface area contributed by atoms with Crippen molar-refractivity contribution in [2.45, 2.75) is 38.4 Å². The molecule has 0 bridgehead atoms. The van der Waals surface area contributed by atoms with Crippen molar-refractivity contribution in [3.05, 3.63) is 29.8 Å². The summed E-state index contributed by atoms with van der Waals surface area (Å²) in [6.07, 6.45) is 1.58. The minimum absolute atomic E-state index is 0.226. The van der Waals surface area contributed by atoms with Crippen molar-refractivity contribution in [1.82, 2.24) is 4.98 Å². The van der Waals surface area contributed by atoms with E-state index in [1.165, 1.54) is 33.0 Å². The summed E-state index contributed by atoms with van der Waals surface area (Å²) in [6, 6.07) is 2.78. The fraction of sp³-hybridized carbons (Fsp3) is 0.545. The Morgan fingerprint density at radius 2 is 1.87 bits per heavy atom. The topological polar surface area (TPSA) is 53.4 Å². The van der Waals surface area contributed by atoms with Crippen LogP contribution in [0.4, 0.5) is 4.39 Å². The normalized spacial score (nSPS) is 16.1. The van der Waals surface area contributed by atoms with Gasteiger partial charge in [-0.1, -0.05) is 6.07 Å². The van der Waals surface area contributed by atoms with Gasteiger partial charge in [-0.25, -0.2) is 4.98 Å². The summed E-state index contributed by atoms with van der Waals surface area (Å²) in [7, 11) is 0. The van der Waals surface area contributed by atoms with Crippen LogP contribution in [0, 0.1) is 5.95 Å². The lowest BCUT2D eigenvalue weighted by atomic mass is 9.83. The van der Waals surface area contributed by atoms with E-state index in [0.29, 0.717) is 5.56 Å². The van der Waals surface area contributed by atoms with Crippen LogP contribution < -0.4 is 0 Å². The second-order valence-electron chi connectivity index (χ2n) is 4.50. The van der Waals surface area contributed by atoms with E-state index in [4.69, 9.17) is 0 Å². The average Bonchev–Trinajstić information content (AvgIpc) is 2.06. The lowest BCUT2D eigenvalue weighted by Crippen LogP contribution is -2.49. The molecule has 0 fully saturated rings. The zero-order valence-electron chi connectivity index (χ0n) is 9.16. The fourth-order valence-corrected chi connectivity index (χ4v) is 1.12. The van der Waals surface area contributed by atoms with Gasteiger partial charge in [0.25, 0.3) is 0 Å². The van der Waals surface area contributed by atoms with E-state index < -0.39 is 17.1 Å². The number of rotatable bonds is 3. The summed E-state index contributed by atoms with van der Waals surface area (Å²) >= 11 is 0. The zero-order chi connectivity index (χ0) is 11.7. The third-order valence-corrected chi connectivity index (χ3v) is 2.66. The molecule has 4 heteroatoms. The molecular weight excluding hydrogens is 197 g/mol. The molecule has 3 nitrogen and oxygen atoms in total. The smallest absolute Gasteiger partial charge is 0.212 e.